The summed E-state index contributed by atoms with van der Waals surface area (Å²) in [5, 5.41) is 3.33. The third-order valence-corrected chi connectivity index (χ3v) is 4.31. The van der Waals surface area contributed by atoms with Crippen LogP contribution in [0.25, 0.3) is 0 Å². The summed E-state index contributed by atoms with van der Waals surface area (Å²) in [6.45, 7) is 3.26. The minimum absolute atomic E-state index is 0.742. The average Bonchev–Trinajstić information content (AvgIpc) is 2.37. The molecule has 18 heavy (non-hydrogen) atoms. The van der Waals surface area contributed by atoms with E-state index < -0.39 is 0 Å². The Hall–Kier alpha value is -0.0700. The number of nitrogens with one attached hydrogen (secondary N) is 1. The van der Waals surface area contributed by atoms with Gasteiger partial charge in [-0.1, -0.05) is 6.07 Å². The van der Waals surface area contributed by atoms with Crippen LogP contribution in [-0.2, 0) is 16.0 Å². The lowest BCUT2D eigenvalue weighted by atomic mass is 10.2. The molecule has 0 radical (unpaired) electrons. The zero-order valence-corrected chi connectivity index (χ0v) is 13.3. The smallest absolute Gasteiger partial charge is 0.0587 e. The second-order valence-electron chi connectivity index (χ2n) is 3.78. The van der Waals surface area contributed by atoms with E-state index in [9.17, 15) is 0 Å². The zero-order valence-electron chi connectivity index (χ0n) is 10.9. The number of halogens is 1. The molecule has 0 aliphatic heterocycles. The molecule has 5 heteroatoms. The number of hydrogen-bond donors (Lipinski definition) is 1. The van der Waals surface area contributed by atoms with E-state index in [0.29, 0.717) is 0 Å². The fraction of sp³-hybridized carbons (Fsp3) is 0.538. The van der Waals surface area contributed by atoms with Gasteiger partial charge in [0.2, 0.25) is 0 Å². The number of methoxy groups -OCH3 is 2. The Kier molecular flexibility index (Phi) is 8.71. The van der Waals surface area contributed by atoms with E-state index in [1.54, 1.807) is 26.0 Å². The van der Waals surface area contributed by atoms with Gasteiger partial charge in [-0.05, 0) is 33.6 Å². The van der Waals surface area contributed by atoms with E-state index in [1.807, 2.05) is 0 Å². The van der Waals surface area contributed by atoms with Crippen molar-refractivity contribution < 1.29 is 9.47 Å². The Morgan fingerprint density at radius 2 is 2.00 bits per heavy atom. The molecule has 1 aromatic rings. The predicted molar refractivity (Wildman–Crippen MR) is 80.3 cm³/mol. The molecule has 0 unspecified atom stereocenters. The molecule has 1 aromatic carbocycles. The molecule has 3 nitrogen and oxygen atoms in total. The van der Waals surface area contributed by atoms with Crippen LogP contribution >= 0.6 is 27.7 Å². The summed E-state index contributed by atoms with van der Waals surface area (Å²) in [5.74, 6) is 0.973. The summed E-state index contributed by atoms with van der Waals surface area (Å²) in [6, 6.07) is 6.46. The fourth-order valence-corrected chi connectivity index (χ4v) is 3.01. The number of hydrogen-bond acceptors (Lipinski definition) is 4. The van der Waals surface area contributed by atoms with Crippen molar-refractivity contribution >= 4 is 27.7 Å². The van der Waals surface area contributed by atoms with Gasteiger partial charge in [-0.15, -0.1) is 11.8 Å². The molecule has 0 saturated carbocycles. The Morgan fingerprint density at radius 1 is 1.22 bits per heavy atom. The van der Waals surface area contributed by atoms with Gasteiger partial charge < -0.3 is 14.8 Å². The highest BCUT2D eigenvalue weighted by Gasteiger charge is 2.02. The van der Waals surface area contributed by atoms with Gasteiger partial charge in [0.1, 0.15) is 0 Å². The highest BCUT2D eigenvalue weighted by molar-refractivity contribution is 9.10. The topological polar surface area (TPSA) is 30.5 Å². The monoisotopic (exact) mass is 333 g/mol. The van der Waals surface area contributed by atoms with E-state index in [1.165, 1.54) is 10.5 Å². The van der Waals surface area contributed by atoms with Crippen LogP contribution in [0.4, 0.5) is 0 Å². The maximum absolute atomic E-state index is 5.05. The molecule has 0 bridgehead atoms. The number of thioether (sulfide) groups is 1. The van der Waals surface area contributed by atoms with E-state index in [-0.39, 0.29) is 0 Å². The molecule has 0 saturated heterocycles. The van der Waals surface area contributed by atoms with Crippen LogP contribution in [0, 0.1) is 0 Å². The van der Waals surface area contributed by atoms with Crippen molar-refractivity contribution in [2.75, 3.05) is 39.7 Å². The van der Waals surface area contributed by atoms with Gasteiger partial charge in [0.15, 0.2) is 0 Å². The molecule has 0 fully saturated rings. The second-order valence-corrected chi connectivity index (χ2v) is 5.77. The van der Waals surface area contributed by atoms with Crippen LogP contribution < -0.4 is 5.32 Å². The van der Waals surface area contributed by atoms with E-state index >= 15 is 0 Å². The predicted octanol–water partition coefficient (Wildman–Crippen LogP) is 2.92. The molecule has 0 aliphatic rings. The Morgan fingerprint density at radius 3 is 2.67 bits per heavy atom. The molecule has 0 heterocycles. The number of ether oxygens (including phenoxy) is 2. The second kappa shape index (κ2) is 9.81. The summed E-state index contributed by atoms with van der Waals surface area (Å²) >= 11 is 5.41. The van der Waals surface area contributed by atoms with Crippen LogP contribution in [0.1, 0.15) is 5.56 Å². The number of rotatable bonds is 9. The van der Waals surface area contributed by atoms with Crippen LogP contribution in [-0.4, -0.2) is 39.7 Å². The standard InChI is InChI=1S/C13H20BrNO2S/c1-16-6-5-15-10-11-3-4-13(12(14)9-11)18-8-7-17-2/h3-4,9,15H,5-8,10H2,1-2H3. The first-order valence-corrected chi connectivity index (χ1v) is 7.65. The largest absolute Gasteiger partial charge is 0.384 e. The Balaban J connectivity index is 2.41. The normalized spacial score (nSPS) is 10.8. The van der Waals surface area contributed by atoms with Crippen molar-refractivity contribution in [3.05, 3.63) is 28.2 Å². The molecular weight excluding hydrogens is 314 g/mol. The van der Waals surface area contributed by atoms with Gasteiger partial charge in [0.25, 0.3) is 0 Å². The Bertz CT molecular complexity index is 350. The van der Waals surface area contributed by atoms with Crippen LogP contribution in [0.3, 0.4) is 0 Å². The number of benzene rings is 1. The maximum Gasteiger partial charge on any atom is 0.0587 e. The Labute approximate surface area is 122 Å². The van der Waals surface area contributed by atoms with Crippen molar-refractivity contribution in [3.63, 3.8) is 0 Å². The zero-order chi connectivity index (χ0) is 13.2. The summed E-state index contributed by atoms with van der Waals surface area (Å²) < 4.78 is 11.2. The molecular formula is C13H20BrNO2S. The summed E-state index contributed by atoms with van der Waals surface area (Å²) in [5.41, 5.74) is 1.27. The lowest BCUT2D eigenvalue weighted by molar-refractivity contribution is 0.199. The molecule has 0 aliphatic carbocycles. The molecule has 1 N–H and O–H groups in total. The summed E-state index contributed by atoms with van der Waals surface area (Å²) in [7, 11) is 3.44. The quantitative estimate of drug-likeness (QED) is 0.556. The van der Waals surface area contributed by atoms with Gasteiger partial charge >= 0.3 is 0 Å². The maximum atomic E-state index is 5.05. The van der Waals surface area contributed by atoms with Crippen molar-refractivity contribution in [1.82, 2.24) is 5.32 Å². The van der Waals surface area contributed by atoms with E-state index in [2.05, 4.69) is 39.4 Å². The lowest BCUT2D eigenvalue weighted by Crippen LogP contribution is -2.18. The molecule has 0 atom stereocenters. The van der Waals surface area contributed by atoms with E-state index in [4.69, 9.17) is 9.47 Å². The minimum Gasteiger partial charge on any atom is -0.384 e. The van der Waals surface area contributed by atoms with Gasteiger partial charge in [-0.2, -0.15) is 0 Å². The SMILES string of the molecule is COCCNCc1ccc(SCCOC)c(Br)c1. The van der Waals surface area contributed by atoms with Crippen molar-refractivity contribution in [3.8, 4) is 0 Å². The van der Waals surface area contributed by atoms with Crippen molar-refractivity contribution in [2.45, 2.75) is 11.4 Å². The molecule has 1 rings (SSSR count). The van der Waals surface area contributed by atoms with Crippen LogP contribution in [0.15, 0.2) is 27.6 Å². The first-order chi connectivity index (χ1) is 8.77. The van der Waals surface area contributed by atoms with Crippen molar-refractivity contribution in [1.29, 1.82) is 0 Å². The third-order valence-electron chi connectivity index (χ3n) is 2.35. The first kappa shape index (κ1) is 16.0. The lowest BCUT2D eigenvalue weighted by Gasteiger charge is -2.08. The molecule has 102 valence electrons. The van der Waals surface area contributed by atoms with Gasteiger partial charge in [-0.25, -0.2) is 0 Å². The van der Waals surface area contributed by atoms with Crippen molar-refractivity contribution in [2.24, 2.45) is 0 Å². The molecule has 0 aromatic heterocycles. The summed E-state index contributed by atoms with van der Waals surface area (Å²) in [6.07, 6.45) is 0. The van der Waals surface area contributed by atoms with E-state index in [0.717, 1.165) is 36.5 Å². The molecule has 0 amide bonds. The summed E-state index contributed by atoms with van der Waals surface area (Å²) in [4.78, 5) is 1.26. The minimum atomic E-state index is 0.742. The average molecular weight is 334 g/mol. The van der Waals surface area contributed by atoms with Crippen LogP contribution in [0.5, 0.6) is 0 Å². The third kappa shape index (κ3) is 6.20. The molecule has 0 spiro atoms. The van der Waals surface area contributed by atoms with Crippen LogP contribution in [0.2, 0.25) is 0 Å². The fourth-order valence-electron chi connectivity index (χ4n) is 1.41. The first-order valence-electron chi connectivity index (χ1n) is 5.87. The highest BCUT2D eigenvalue weighted by Crippen LogP contribution is 2.28. The van der Waals surface area contributed by atoms with Gasteiger partial charge in [-0.3, -0.25) is 0 Å². The van der Waals surface area contributed by atoms with Gasteiger partial charge in [0.05, 0.1) is 13.2 Å². The highest BCUT2D eigenvalue weighted by atomic mass is 79.9. The van der Waals surface area contributed by atoms with Gasteiger partial charge in [0, 0.05) is 42.4 Å².